The number of amides is 1. The van der Waals surface area contributed by atoms with Crippen LogP contribution < -0.4 is 4.90 Å². The molecule has 1 saturated heterocycles. The van der Waals surface area contributed by atoms with Gasteiger partial charge in [0.2, 0.25) is 0 Å². The molecule has 4 nitrogen and oxygen atoms in total. The maximum atomic E-state index is 12.0. The Morgan fingerprint density at radius 3 is 2.67 bits per heavy atom. The zero-order valence-corrected chi connectivity index (χ0v) is 13.0. The molecule has 2 heterocycles. The number of hydrogen-bond acceptors (Lipinski definition) is 3. The number of hydrogen-bond donors (Lipinski definition) is 1. The molecule has 1 aromatic rings. The Hall–Kier alpha value is -1.59. The van der Waals surface area contributed by atoms with Gasteiger partial charge >= 0.3 is 0 Å². The molecular formula is C16H20N3OS+. The summed E-state index contributed by atoms with van der Waals surface area (Å²) in [6.45, 7) is 7.62. The van der Waals surface area contributed by atoms with E-state index in [1.807, 2.05) is 36.4 Å². The number of nitrogens with zero attached hydrogens (tertiary/aromatic N) is 2. The topological polar surface area (TPSA) is 37.1 Å². The normalized spacial score (nSPS) is 22.0. The average molecular weight is 302 g/mol. The lowest BCUT2D eigenvalue weighted by Crippen LogP contribution is -3.14. The molecule has 1 amide bonds. The number of carbonyl (C=O) groups is 1. The summed E-state index contributed by atoms with van der Waals surface area (Å²) in [5, 5.41) is 0.873. The van der Waals surface area contributed by atoms with Crippen molar-refractivity contribution in [2.45, 2.75) is 6.92 Å². The Bertz CT molecular complexity index is 574. The minimum Gasteiger partial charge on any atom is -0.339 e. The van der Waals surface area contributed by atoms with Crippen LogP contribution in [0.1, 0.15) is 12.5 Å². The summed E-state index contributed by atoms with van der Waals surface area (Å²) >= 11 is 1.51. The van der Waals surface area contributed by atoms with E-state index in [-0.39, 0.29) is 5.91 Å². The fourth-order valence-corrected chi connectivity index (χ4v) is 3.57. The van der Waals surface area contributed by atoms with Crippen molar-refractivity contribution in [1.29, 1.82) is 0 Å². The molecule has 110 valence electrons. The van der Waals surface area contributed by atoms with E-state index in [9.17, 15) is 4.79 Å². The summed E-state index contributed by atoms with van der Waals surface area (Å²) in [7, 11) is 0. The van der Waals surface area contributed by atoms with Crippen molar-refractivity contribution in [3.05, 3.63) is 40.8 Å². The minimum atomic E-state index is -0.107. The van der Waals surface area contributed by atoms with Crippen molar-refractivity contribution in [2.75, 3.05) is 32.7 Å². The first-order valence-corrected chi connectivity index (χ1v) is 8.24. The average Bonchev–Trinajstić information content (AvgIpc) is 2.89. The number of amidine groups is 1. The first-order valence-electron chi connectivity index (χ1n) is 7.42. The Morgan fingerprint density at radius 2 is 2.00 bits per heavy atom. The molecule has 3 rings (SSSR count). The van der Waals surface area contributed by atoms with Gasteiger partial charge in [0.15, 0.2) is 5.17 Å². The Kier molecular flexibility index (Phi) is 4.41. The molecule has 0 saturated carbocycles. The molecule has 0 aliphatic carbocycles. The lowest BCUT2D eigenvalue weighted by Gasteiger charge is -2.32. The number of thioether (sulfide) groups is 1. The van der Waals surface area contributed by atoms with Crippen LogP contribution in [0.4, 0.5) is 0 Å². The van der Waals surface area contributed by atoms with Crippen LogP contribution in [-0.4, -0.2) is 48.7 Å². The van der Waals surface area contributed by atoms with Gasteiger partial charge in [-0.05, 0) is 30.3 Å². The molecule has 1 N–H and O–H groups in total. The molecule has 0 atom stereocenters. The molecule has 1 aromatic carbocycles. The highest BCUT2D eigenvalue weighted by Crippen LogP contribution is 2.30. The molecule has 0 unspecified atom stereocenters. The molecule has 0 spiro atoms. The predicted molar refractivity (Wildman–Crippen MR) is 87.3 cm³/mol. The van der Waals surface area contributed by atoms with E-state index >= 15 is 0 Å². The number of nitrogens with one attached hydrogen (secondary N) is 1. The third kappa shape index (κ3) is 3.36. The SMILES string of the molecule is CC[NH+]1CCN(C2=NC(=O)/C(=C/c3ccccc3)S2)CC1. The lowest BCUT2D eigenvalue weighted by molar-refractivity contribution is -0.902. The van der Waals surface area contributed by atoms with Crippen LogP contribution >= 0.6 is 11.8 Å². The van der Waals surface area contributed by atoms with Crippen LogP contribution in [0.5, 0.6) is 0 Å². The van der Waals surface area contributed by atoms with Crippen molar-refractivity contribution in [2.24, 2.45) is 4.99 Å². The van der Waals surface area contributed by atoms with Crippen LogP contribution in [0.3, 0.4) is 0 Å². The second-order valence-corrected chi connectivity index (χ2v) is 6.32. The first kappa shape index (κ1) is 14.4. The number of likely N-dealkylation sites (N-methyl/N-ethyl adjacent to an activating group) is 1. The van der Waals surface area contributed by atoms with Gasteiger partial charge in [0.05, 0.1) is 37.6 Å². The van der Waals surface area contributed by atoms with Gasteiger partial charge in [-0.25, -0.2) is 0 Å². The van der Waals surface area contributed by atoms with Crippen LogP contribution in [0, 0.1) is 0 Å². The standard InChI is InChI=1S/C16H19N3OS/c1-2-18-8-10-19(11-9-18)16-17-15(20)14(21-16)12-13-6-4-3-5-7-13/h3-7,12H,2,8-11H2,1H3/p+1/b14-12-. The van der Waals surface area contributed by atoms with Crippen molar-refractivity contribution in [1.82, 2.24) is 4.90 Å². The van der Waals surface area contributed by atoms with Crippen molar-refractivity contribution in [3.8, 4) is 0 Å². The molecule has 5 heteroatoms. The number of carbonyl (C=O) groups excluding carboxylic acids is 1. The molecule has 21 heavy (non-hydrogen) atoms. The number of rotatable bonds is 2. The smallest absolute Gasteiger partial charge is 0.286 e. The fraction of sp³-hybridized carbons (Fsp3) is 0.375. The zero-order chi connectivity index (χ0) is 14.7. The minimum absolute atomic E-state index is 0.107. The molecule has 0 aromatic heterocycles. The predicted octanol–water partition coefficient (Wildman–Crippen LogP) is 0.877. The zero-order valence-electron chi connectivity index (χ0n) is 12.2. The highest BCUT2D eigenvalue weighted by Gasteiger charge is 2.29. The van der Waals surface area contributed by atoms with E-state index in [1.165, 1.54) is 18.3 Å². The summed E-state index contributed by atoms with van der Waals surface area (Å²) in [5.41, 5.74) is 1.05. The summed E-state index contributed by atoms with van der Waals surface area (Å²) in [6, 6.07) is 9.93. The van der Waals surface area contributed by atoms with Crippen LogP contribution in [0.25, 0.3) is 6.08 Å². The Balaban J connectivity index is 1.67. The van der Waals surface area contributed by atoms with E-state index < -0.39 is 0 Å². The summed E-state index contributed by atoms with van der Waals surface area (Å²) in [5.74, 6) is -0.107. The van der Waals surface area contributed by atoms with Gasteiger partial charge < -0.3 is 9.80 Å². The fourth-order valence-electron chi connectivity index (χ4n) is 2.60. The highest BCUT2D eigenvalue weighted by molar-refractivity contribution is 8.18. The van der Waals surface area contributed by atoms with Gasteiger partial charge in [-0.15, -0.1) is 0 Å². The summed E-state index contributed by atoms with van der Waals surface area (Å²) in [6.07, 6.45) is 1.93. The van der Waals surface area contributed by atoms with Gasteiger partial charge in [0, 0.05) is 0 Å². The molecular weight excluding hydrogens is 282 g/mol. The van der Waals surface area contributed by atoms with Crippen LogP contribution in [0.15, 0.2) is 40.2 Å². The van der Waals surface area contributed by atoms with Gasteiger partial charge in [0.1, 0.15) is 0 Å². The Morgan fingerprint density at radius 1 is 1.29 bits per heavy atom. The first-order chi connectivity index (χ1) is 10.3. The van der Waals surface area contributed by atoms with Crippen molar-refractivity contribution in [3.63, 3.8) is 0 Å². The highest BCUT2D eigenvalue weighted by atomic mass is 32.2. The number of quaternary nitrogens is 1. The monoisotopic (exact) mass is 302 g/mol. The maximum Gasteiger partial charge on any atom is 0.286 e. The van der Waals surface area contributed by atoms with E-state index in [1.54, 1.807) is 4.90 Å². The second-order valence-electron chi connectivity index (χ2n) is 5.31. The lowest BCUT2D eigenvalue weighted by atomic mass is 10.2. The third-order valence-corrected chi connectivity index (χ3v) is 4.99. The molecule has 2 aliphatic heterocycles. The van der Waals surface area contributed by atoms with E-state index in [0.29, 0.717) is 0 Å². The molecule has 0 bridgehead atoms. The number of benzene rings is 1. The summed E-state index contributed by atoms with van der Waals surface area (Å²) < 4.78 is 0. The third-order valence-electron chi connectivity index (χ3n) is 3.95. The van der Waals surface area contributed by atoms with Crippen LogP contribution in [0.2, 0.25) is 0 Å². The van der Waals surface area contributed by atoms with Gasteiger partial charge in [0.25, 0.3) is 5.91 Å². The maximum absolute atomic E-state index is 12.0. The number of aliphatic imine (C=N–C) groups is 1. The molecule has 2 aliphatic rings. The largest absolute Gasteiger partial charge is 0.339 e. The van der Waals surface area contributed by atoms with E-state index in [0.717, 1.165) is 41.8 Å². The van der Waals surface area contributed by atoms with Gasteiger partial charge in [-0.3, -0.25) is 4.79 Å². The van der Waals surface area contributed by atoms with E-state index in [4.69, 9.17) is 0 Å². The number of piperazine rings is 1. The van der Waals surface area contributed by atoms with Crippen LogP contribution in [-0.2, 0) is 4.79 Å². The Labute approximate surface area is 129 Å². The summed E-state index contributed by atoms with van der Waals surface area (Å²) in [4.78, 5) is 20.9. The van der Waals surface area contributed by atoms with Gasteiger partial charge in [-0.2, -0.15) is 4.99 Å². The quantitative estimate of drug-likeness (QED) is 0.824. The molecule has 0 radical (unpaired) electrons. The molecule has 1 fully saturated rings. The second kappa shape index (κ2) is 6.45. The van der Waals surface area contributed by atoms with Crippen molar-refractivity contribution >= 4 is 28.9 Å². The van der Waals surface area contributed by atoms with Gasteiger partial charge in [-0.1, -0.05) is 30.3 Å². The van der Waals surface area contributed by atoms with Crippen molar-refractivity contribution < 1.29 is 9.69 Å². The van der Waals surface area contributed by atoms with E-state index in [2.05, 4.69) is 16.8 Å².